The number of carbonyl (C=O) groups excluding carboxylic acids is 2. The first-order valence-electron chi connectivity index (χ1n) is 8.56. The molecule has 0 spiro atoms. The van der Waals surface area contributed by atoms with Crippen LogP contribution in [0.5, 0.6) is 11.5 Å². The lowest BCUT2D eigenvalue weighted by Crippen LogP contribution is -2.15. The van der Waals surface area contributed by atoms with Crippen LogP contribution < -0.4 is 14.8 Å². The van der Waals surface area contributed by atoms with Crippen molar-refractivity contribution in [1.82, 2.24) is 20.2 Å². The first kappa shape index (κ1) is 20.3. The summed E-state index contributed by atoms with van der Waals surface area (Å²) in [6.45, 7) is 1.50. The molecule has 10 heteroatoms. The number of carbonyl (C=O) groups is 2. The van der Waals surface area contributed by atoms with Crippen LogP contribution in [0.1, 0.15) is 17.3 Å². The summed E-state index contributed by atoms with van der Waals surface area (Å²) in [5.41, 5.74) is 1.80. The van der Waals surface area contributed by atoms with Crippen molar-refractivity contribution in [2.75, 3.05) is 25.3 Å². The van der Waals surface area contributed by atoms with Crippen molar-refractivity contribution in [2.45, 2.75) is 12.1 Å². The lowest BCUT2D eigenvalue weighted by Gasteiger charge is -2.11. The summed E-state index contributed by atoms with van der Waals surface area (Å²) in [5, 5.41) is 14.8. The number of nitrogens with zero attached hydrogens (tertiary/aromatic N) is 4. The second-order valence-corrected chi connectivity index (χ2v) is 6.82. The Hall–Kier alpha value is -3.40. The number of methoxy groups -OCH3 is 2. The van der Waals surface area contributed by atoms with Gasteiger partial charge in [0.25, 0.3) is 0 Å². The Kier molecular flexibility index (Phi) is 6.45. The van der Waals surface area contributed by atoms with Crippen LogP contribution in [-0.2, 0) is 4.79 Å². The highest BCUT2D eigenvalue weighted by atomic mass is 32.2. The Balaban J connectivity index is 1.68. The summed E-state index contributed by atoms with van der Waals surface area (Å²) < 4.78 is 11.9. The van der Waals surface area contributed by atoms with Gasteiger partial charge in [-0.15, -0.1) is 5.10 Å². The van der Waals surface area contributed by atoms with E-state index < -0.39 is 0 Å². The van der Waals surface area contributed by atoms with Gasteiger partial charge in [-0.1, -0.05) is 11.8 Å². The largest absolute Gasteiger partial charge is 0.497 e. The number of ether oxygens (including phenoxy) is 2. The molecule has 0 fully saturated rings. The molecule has 9 nitrogen and oxygen atoms in total. The van der Waals surface area contributed by atoms with Crippen LogP contribution in [0.3, 0.4) is 0 Å². The van der Waals surface area contributed by atoms with Gasteiger partial charge < -0.3 is 14.8 Å². The molecule has 150 valence electrons. The number of nitrogens with one attached hydrogen (secondary N) is 1. The van der Waals surface area contributed by atoms with E-state index in [0.717, 1.165) is 0 Å². The smallest absolute Gasteiger partial charge is 0.234 e. The molecule has 0 aliphatic heterocycles. The molecule has 29 heavy (non-hydrogen) atoms. The fourth-order valence-electron chi connectivity index (χ4n) is 2.50. The number of ketones is 1. The molecule has 0 bridgehead atoms. The molecule has 0 unspecified atom stereocenters. The minimum absolute atomic E-state index is 0.0208. The number of benzene rings is 2. The van der Waals surface area contributed by atoms with Crippen LogP contribution in [0.15, 0.2) is 47.6 Å². The van der Waals surface area contributed by atoms with Crippen LogP contribution in [-0.4, -0.2) is 51.9 Å². The van der Waals surface area contributed by atoms with Gasteiger partial charge in [0, 0.05) is 11.6 Å². The fourth-order valence-corrected chi connectivity index (χ4v) is 3.19. The molecule has 3 rings (SSSR count). The lowest BCUT2D eigenvalue weighted by atomic mass is 10.1. The molecule has 0 saturated heterocycles. The highest BCUT2D eigenvalue weighted by Gasteiger charge is 2.14. The zero-order chi connectivity index (χ0) is 20.8. The van der Waals surface area contributed by atoms with Crippen molar-refractivity contribution in [3.8, 4) is 17.2 Å². The van der Waals surface area contributed by atoms with Gasteiger partial charge in [0.1, 0.15) is 11.5 Å². The van der Waals surface area contributed by atoms with E-state index >= 15 is 0 Å². The van der Waals surface area contributed by atoms with Gasteiger partial charge in [-0.3, -0.25) is 9.59 Å². The van der Waals surface area contributed by atoms with Crippen molar-refractivity contribution in [2.24, 2.45) is 0 Å². The molecule has 3 aromatic rings. The Morgan fingerprint density at radius 3 is 2.52 bits per heavy atom. The number of rotatable bonds is 8. The zero-order valence-corrected chi connectivity index (χ0v) is 16.9. The third kappa shape index (κ3) is 4.91. The van der Waals surface area contributed by atoms with Crippen molar-refractivity contribution < 1.29 is 19.1 Å². The van der Waals surface area contributed by atoms with Gasteiger partial charge in [0.2, 0.25) is 11.1 Å². The van der Waals surface area contributed by atoms with E-state index in [-0.39, 0.29) is 17.4 Å². The fraction of sp³-hybridized carbons (Fsp3) is 0.211. The number of aromatic nitrogens is 4. The molecule has 0 saturated carbocycles. The zero-order valence-electron chi connectivity index (χ0n) is 16.1. The summed E-state index contributed by atoms with van der Waals surface area (Å²) in [6, 6.07) is 12.0. The van der Waals surface area contributed by atoms with Gasteiger partial charge in [0.15, 0.2) is 5.78 Å². The minimum Gasteiger partial charge on any atom is -0.497 e. The summed E-state index contributed by atoms with van der Waals surface area (Å²) in [5.74, 6) is 0.952. The van der Waals surface area contributed by atoms with Gasteiger partial charge in [0.05, 0.1) is 31.3 Å². The van der Waals surface area contributed by atoms with E-state index in [1.165, 1.54) is 30.5 Å². The quantitative estimate of drug-likeness (QED) is 0.443. The normalized spacial score (nSPS) is 10.4. The first-order chi connectivity index (χ1) is 14.0. The Morgan fingerprint density at radius 1 is 1.10 bits per heavy atom. The van der Waals surface area contributed by atoms with Gasteiger partial charge >= 0.3 is 0 Å². The molecule has 1 heterocycles. The third-order valence-electron chi connectivity index (χ3n) is 3.97. The lowest BCUT2D eigenvalue weighted by molar-refractivity contribution is -0.113. The van der Waals surface area contributed by atoms with Crippen LogP contribution in [0.2, 0.25) is 0 Å². The Labute approximate surface area is 171 Å². The van der Waals surface area contributed by atoms with Crippen molar-refractivity contribution in [3.63, 3.8) is 0 Å². The molecule has 1 amide bonds. The molecule has 0 atom stereocenters. The van der Waals surface area contributed by atoms with E-state index in [0.29, 0.717) is 33.6 Å². The maximum absolute atomic E-state index is 12.4. The Bertz CT molecular complexity index is 1020. The average Bonchev–Trinajstić information content (AvgIpc) is 3.21. The molecule has 2 aromatic carbocycles. The molecular weight excluding hydrogens is 394 g/mol. The summed E-state index contributed by atoms with van der Waals surface area (Å²) in [4.78, 5) is 23.8. The SMILES string of the molecule is COc1ccc(OC)c(NC(=O)CSc2nnnn2-c2ccc(C(C)=O)cc2)c1. The van der Waals surface area contributed by atoms with Crippen molar-refractivity contribution in [3.05, 3.63) is 48.0 Å². The summed E-state index contributed by atoms with van der Waals surface area (Å²) in [6.07, 6.45) is 0. The van der Waals surface area contributed by atoms with Crippen LogP contribution >= 0.6 is 11.8 Å². The predicted octanol–water partition coefficient (Wildman–Crippen LogP) is 2.61. The number of tetrazole rings is 1. The van der Waals surface area contributed by atoms with E-state index in [2.05, 4.69) is 20.8 Å². The maximum Gasteiger partial charge on any atom is 0.234 e. The predicted molar refractivity (Wildman–Crippen MR) is 108 cm³/mol. The second kappa shape index (κ2) is 9.20. The number of thioether (sulfide) groups is 1. The first-order valence-corrected chi connectivity index (χ1v) is 9.55. The highest BCUT2D eigenvalue weighted by Crippen LogP contribution is 2.29. The maximum atomic E-state index is 12.4. The number of hydrogen-bond donors (Lipinski definition) is 1. The monoisotopic (exact) mass is 413 g/mol. The van der Waals surface area contributed by atoms with Gasteiger partial charge in [-0.05, 0) is 53.7 Å². The van der Waals surface area contributed by atoms with Crippen LogP contribution in [0, 0.1) is 0 Å². The van der Waals surface area contributed by atoms with Crippen LogP contribution in [0.25, 0.3) is 5.69 Å². The molecule has 0 aliphatic carbocycles. The minimum atomic E-state index is -0.247. The average molecular weight is 413 g/mol. The molecular formula is C19H19N5O4S. The Morgan fingerprint density at radius 2 is 1.86 bits per heavy atom. The number of amides is 1. The molecule has 1 aromatic heterocycles. The van der Waals surface area contributed by atoms with Crippen LogP contribution in [0.4, 0.5) is 5.69 Å². The second-order valence-electron chi connectivity index (χ2n) is 5.88. The topological polar surface area (TPSA) is 108 Å². The van der Waals surface area contributed by atoms with Gasteiger partial charge in [-0.2, -0.15) is 4.68 Å². The van der Waals surface area contributed by atoms with E-state index in [1.54, 1.807) is 49.6 Å². The summed E-state index contributed by atoms with van der Waals surface area (Å²) in [7, 11) is 3.07. The number of anilines is 1. The van der Waals surface area contributed by atoms with E-state index in [1.807, 2.05) is 0 Å². The third-order valence-corrected chi connectivity index (χ3v) is 4.89. The number of hydrogen-bond acceptors (Lipinski definition) is 8. The van der Waals surface area contributed by atoms with E-state index in [4.69, 9.17) is 9.47 Å². The van der Waals surface area contributed by atoms with Gasteiger partial charge in [-0.25, -0.2) is 0 Å². The standard InChI is InChI=1S/C19H19N5O4S/c1-12(25)13-4-6-14(7-5-13)24-19(21-22-23-24)29-11-18(26)20-16-10-15(27-2)8-9-17(16)28-3/h4-10H,11H2,1-3H3,(H,20,26). The highest BCUT2D eigenvalue weighted by molar-refractivity contribution is 7.99. The number of Topliss-reactive ketones (excluding diaryl/α,β-unsaturated/α-hetero) is 1. The molecule has 1 N–H and O–H groups in total. The van der Waals surface area contributed by atoms with E-state index in [9.17, 15) is 9.59 Å². The molecule has 0 aliphatic rings. The van der Waals surface area contributed by atoms with Crippen molar-refractivity contribution in [1.29, 1.82) is 0 Å². The molecule has 0 radical (unpaired) electrons. The van der Waals surface area contributed by atoms with Crippen molar-refractivity contribution >= 4 is 29.1 Å². The summed E-state index contributed by atoms with van der Waals surface area (Å²) >= 11 is 1.19.